The molecule has 1 atom stereocenters. The van der Waals surface area contributed by atoms with Gasteiger partial charge in [-0.2, -0.15) is 0 Å². The molecule has 1 aliphatic heterocycles. The molecule has 1 aromatic rings. The van der Waals surface area contributed by atoms with Gasteiger partial charge in [0.05, 0.1) is 11.8 Å². The molecular formula is C13H21N3O. The van der Waals surface area contributed by atoms with Gasteiger partial charge >= 0.3 is 0 Å². The summed E-state index contributed by atoms with van der Waals surface area (Å²) in [5, 5.41) is 3.43. The van der Waals surface area contributed by atoms with E-state index in [2.05, 4.69) is 16.4 Å². The molecule has 0 bridgehead atoms. The van der Waals surface area contributed by atoms with Crippen LogP contribution in [0.2, 0.25) is 0 Å². The van der Waals surface area contributed by atoms with Crippen LogP contribution in [0.4, 0.5) is 0 Å². The van der Waals surface area contributed by atoms with Gasteiger partial charge in [0.15, 0.2) is 0 Å². The quantitative estimate of drug-likeness (QED) is 0.805. The molecule has 0 amide bonds. The van der Waals surface area contributed by atoms with Gasteiger partial charge in [-0.25, -0.2) is 0 Å². The van der Waals surface area contributed by atoms with E-state index in [4.69, 9.17) is 10.5 Å². The summed E-state index contributed by atoms with van der Waals surface area (Å²) in [5.41, 5.74) is 7.74. The van der Waals surface area contributed by atoms with Crippen LogP contribution in [0.1, 0.15) is 30.5 Å². The average molecular weight is 235 g/mol. The maximum Gasteiger partial charge on any atom is 0.0699 e. The highest BCUT2D eigenvalue weighted by atomic mass is 16.5. The number of nitrogens with two attached hydrogens (primary N) is 1. The number of ether oxygens (including phenoxy) is 1. The van der Waals surface area contributed by atoms with Crippen molar-refractivity contribution < 1.29 is 4.74 Å². The van der Waals surface area contributed by atoms with Crippen molar-refractivity contribution in [3.8, 4) is 0 Å². The fourth-order valence-corrected chi connectivity index (χ4v) is 2.10. The van der Waals surface area contributed by atoms with Crippen molar-refractivity contribution >= 4 is 0 Å². The van der Waals surface area contributed by atoms with Crippen LogP contribution in [0, 0.1) is 0 Å². The third kappa shape index (κ3) is 4.07. The van der Waals surface area contributed by atoms with Crippen LogP contribution < -0.4 is 11.1 Å². The van der Waals surface area contributed by atoms with Crippen LogP contribution in [0.5, 0.6) is 0 Å². The third-order valence-electron chi connectivity index (χ3n) is 3.07. The van der Waals surface area contributed by atoms with Gasteiger partial charge in [0.25, 0.3) is 0 Å². The molecule has 1 aromatic heterocycles. The summed E-state index contributed by atoms with van der Waals surface area (Å²) in [6, 6.07) is 4.07. The molecule has 1 saturated heterocycles. The molecule has 1 aliphatic rings. The second-order valence-corrected chi connectivity index (χ2v) is 4.48. The minimum absolute atomic E-state index is 0.388. The summed E-state index contributed by atoms with van der Waals surface area (Å²) in [5.74, 6) is 0. The van der Waals surface area contributed by atoms with Crippen LogP contribution in [0.25, 0.3) is 0 Å². The first-order chi connectivity index (χ1) is 8.38. The lowest BCUT2D eigenvalue weighted by Gasteiger charge is -2.22. The summed E-state index contributed by atoms with van der Waals surface area (Å²) in [6.07, 6.45) is 5.88. The van der Waals surface area contributed by atoms with Crippen LogP contribution in [-0.2, 0) is 17.8 Å². The zero-order valence-corrected chi connectivity index (χ0v) is 10.2. The first-order valence-electron chi connectivity index (χ1n) is 6.34. The molecule has 4 heteroatoms. The number of hydrogen-bond donors (Lipinski definition) is 2. The molecule has 0 saturated carbocycles. The second-order valence-electron chi connectivity index (χ2n) is 4.48. The van der Waals surface area contributed by atoms with Crippen molar-refractivity contribution in [1.82, 2.24) is 10.3 Å². The molecule has 0 aliphatic carbocycles. The topological polar surface area (TPSA) is 60.2 Å². The van der Waals surface area contributed by atoms with Gasteiger partial charge < -0.3 is 15.8 Å². The smallest absolute Gasteiger partial charge is 0.0699 e. The lowest BCUT2D eigenvalue weighted by Crippen LogP contribution is -2.31. The average Bonchev–Trinajstić information content (AvgIpc) is 2.40. The van der Waals surface area contributed by atoms with Gasteiger partial charge in [-0.3, -0.25) is 4.98 Å². The standard InChI is InChI=1S/C13H21N3O/c14-8-12-7-11(4-5-16-12)9-15-10-13-3-1-2-6-17-13/h4-5,7,13,15H,1-3,6,8-10,14H2. The van der Waals surface area contributed by atoms with Crippen LogP contribution >= 0.6 is 0 Å². The number of nitrogens with one attached hydrogen (secondary N) is 1. The summed E-state index contributed by atoms with van der Waals surface area (Å²) in [4.78, 5) is 4.18. The SMILES string of the molecule is NCc1cc(CNCC2CCCCO2)ccn1. The molecule has 94 valence electrons. The Balaban J connectivity index is 1.73. The molecule has 17 heavy (non-hydrogen) atoms. The monoisotopic (exact) mass is 235 g/mol. The maximum atomic E-state index is 5.67. The molecule has 1 unspecified atom stereocenters. The summed E-state index contributed by atoms with van der Waals surface area (Å²) >= 11 is 0. The highest BCUT2D eigenvalue weighted by molar-refractivity contribution is 5.15. The van der Waals surface area contributed by atoms with E-state index >= 15 is 0 Å². The molecule has 4 nitrogen and oxygen atoms in total. The first-order valence-corrected chi connectivity index (χ1v) is 6.34. The molecule has 1 fully saturated rings. The molecule has 0 aromatic carbocycles. The van der Waals surface area contributed by atoms with E-state index in [9.17, 15) is 0 Å². The lowest BCUT2D eigenvalue weighted by atomic mass is 10.1. The van der Waals surface area contributed by atoms with Gasteiger partial charge in [-0.1, -0.05) is 0 Å². The van der Waals surface area contributed by atoms with E-state index in [-0.39, 0.29) is 0 Å². The zero-order valence-electron chi connectivity index (χ0n) is 10.2. The molecule has 0 radical (unpaired) electrons. The number of aromatic nitrogens is 1. The largest absolute Gasteiger partial charge is 0.377 e. The van der Waals surface area contributed by atoms with E-state index in [1.807, 2.05) is 12.3 Å². The van der Waals surface area contributed by atoms with Crippen LogP contribution in [-0.4, -0.2) is 24.2 Å². The Bertz CT molecular complexity index is 337. The van der Waals surface area contributed by atoms with E-state index in [0.29, 0.717) is 12.6 Å². The molecule has 0 spiro atoms. The minimum atomic E-state index is 0.388. The third-order valence-corrected chi connectivity index (χ3v) is 3.07. The summed E-state index contributed by atoms with van der Waals surface area (Å²) in [6.45, 7) is 3.20. The van der Waals surface area contributed by atoms with E-state index in [1.165, 1.54) is 24.8 Å². The number of rotatable bonds is 5. The first kappa shape index (κ1) is 12.5. The Labute approximate surface area is 103 Å². The highest BCUT2D eigenvalue weighted by Gasteiger charge is 2.12. The van der Waals surface area contributed by atoms with Crippen LogP contribution in [0.15, 0.2) is 18.3 Å². The van der Waals surface area contributed by atoms with E-state index in [1.54, 1.807) is 0 Å². The normalized spacial score (nSPS) is 20.4. The van der Waals surface area contributed by atoms with Crippen molar-refractivity contribution in [2.24, 2.45) is 5.73 Å². The Morgan fingerprint density at radius 2 is 2.41 bits per heavy atom. The van der Waals surface area contributed by atoms with Gasteiger partial charge in [0.1, 0.15) is 0 Å². The Kier molecular flexibility index (Phi) is 4.91. The molecule has 3 N–H and O–H groups in total. The Hall–Kier alpha value is -0.970. The number of hydrogen-bond acceptors (Lipinski definition) is 4. The van der Waals surface area contributed by atoms with Crippen molar-refractivity contribution in [1.29, 1.82) is 0 Å². The van der Waals surface area contributed by atoms with Crippen molar-refractivity contribution in [2.75, 3.05) is 13.2 Å². The van der Waals surface area contributed by atoms with Crippen LogP contribution in [0.3, 0.4) is 0 Å². The minimum Gasteiger partial charge on any atom is -0.377 e. The summed E-state index contributed by atoms with van der Waals surface area (Å²) in [7, 11) is 0. The van der Waals surface area contributed by atoms with E-state index in [0.717, 1.165) is 25.4 Å². The van der Waals surface area contributed by atoms with Gasteiger partial charge in [0, 0.05) is 32.4 Å². The molecular weight excluding hydrogens is 214 g/mol. The molecule has 2 rings (SSSR count). The number of pyridine rings is 1. The second kappa shape index (κ2) is 6.69. The predicted octanol–water partition coefficient (Wildman–Crippen LogP) is 1.20. The fraction of sp³-hybridized carbons (Fsp3) is 0.615. The van der Waals surface area contributed by atoms with Gasteiger partial charge in [-0.05, 0) is 37.0 Å². The zero-order chi connectivity index (χ0) is 11.9. The maximum absolute atomic E-state index is 5.67. The predicted molar refractivity (Wildman–Crippen MR) is 67.4 cm³/mol. The van der Waals surface area contributed by atoms with E-state index < -0.39 is 0 Å². The van der Waals surface area contributed by atoms with Crippen molar-refractivity contribution in [3.05, 3.63) is 29.6 Å². The summed E-state index contributed by atoms with van der Waals surface area (Å²) < 4.78 is 5.67. The van der Waals surface area contributed by atoms with Crippen molar-refractivity contribution in [2.45, 2.75) is 38.5 Å². The highest BCUT2D eigenvalue weighted by Crippen LogP contribution is 2.11. The Morgan fingerprint density at radius 3 is 3.18 bits per heavy atom. The lowest BCUT2D eigenvalue weighted by molar-refractivity contribution is 0.0168. The Morgan fingerprint density at radius 1 is 1.47 bits per heavy atom. The fourth-order valence-electron chi connectivity index (χ4n) is 2.10. The number of nitrogens with zero attached hydrogens (tertiary/aromatic N) is 1. The molecule has 2 heterocycles. The van der Waals surface area contributed by atoms with Crippen molar-refractivity contribution in [3.63, 3.8) is 0 Å². The van der Waals surface area contributed by atoms with Gasteiger partial charge in [0.2, 0.25) is 0 Å². The van der Waals surface area contributed by atoms with Gasteiger partial charge in [-0.15, -0.1) is 0 Å².